The summed E-state index contributed by atoms with van der Waals surface area (Å²) in [5.41, 5.74) is 2.99. The second kappa shape index (κ2) is 7.75. The van der Waals surface area contributed by atoms with Crippen molar-refractivity contribution in [2.75, 3.05) is 17.7 Å². The monoisotopic (exact) mass is 430 g/mol. The first-order chi connectivity index (χ1) is 13.5. The molecule has 0 aliphatic carbocycles. The molecule has 0 bridgehead atoms. The highest BCUT2D eigenvalue weighted by molar-refractivity contribution is 7.22. The summed E-state index contributed by atoms with van der Waals surface area (Å²) >= 11 is 8.71. The minimum Gasteiger partial charge on any atom is -0.495 e. The molecule has 4 rings (SSSR count). The summed E-state index contributed by atoms with van der Waals surface area (Å²) in [4.78, 5) is 21.3. The maximum absolute atomic E-state index is 12.5. The Labute approximate surface area is 174 Å². The molecule has 0 saturated heterocycles. The maximum Gasteiger partial charge on any atom is 0.276 e. The number of fused-ring (bicyclic) bond motifs is 1. The Morgan fingerprint density at radius 2 is 2.00 bits per heavy atom. The topological polar surface area (TPSA) is 76.1 Å². The molecule has 0 atom stereocenters. The summed E-state index contributed by atoms with van der Waals surface area (Å²) in [6, 6.07) is 11.2. The first-order valence-electron chi connectivity index (χ1n) is 8.26. The van der Waals surface area contributed by atoms with E-state index in [1.165, 1.54) is 22.7 Å². The van der Waals surface area contributed by atoms with Crippen molar-refractivity contribution >= 4 is 66.3 Å². The number of amides is 1. The first-order valence-corrected chi connectivity index (χ1v) is 10.3. The average molecular weight is 431 g/mol. The fourth-order valence-corrected chi connectivity index (χ4v) is 4.42. The van der Waals surface area contributed by atoms with E-state index in [1.54, 1.807) is 18.6 Å². The predicted octanol–water partition coefficient (Wildman–Crippen LogP) is 5.72. The fourth-order valence-electron chi connectivity index (χ4n) is 2.58. The smallest absolute Gasteiger partial charge is 0.276 e. The lowest BCUT2D eigenvalue weighted by atomic mass is 10.2. The molecule has 0 radical (unpaired) electrons. The number of hydrogen-bond acceptors (Lipinski definition) is 7. The van der Waals surface area contributed by atoms with Crippen molar-refractivity contribution in [3.63, 3.8) is 0 Å². The highest BCUT2D eigenvalue weighted by Crippen LogP contribution is 2.31. The summed E-state index contributed by atoms with van der Waals surface area (Å²) in [7, 11) is 1.61. The zero-order valence-electron chi connectivity index (χ0n) is 14.9. The fraction of sp³-hybridized carbons (Fsp3) is 0.105. The van der Waals surface area contributed by atoms with Crippen molar-refractivity contribution in [1.82, 2.24) is 9.97 Å². The van der Waals surface area contributed by atoms with Crippen LogP contribution < -0.4 is 15.4 Å². The number of benzene rings is 2. The number of anilines is 3. The highest BCUT2D eigenvalue weighted by atomic mass is 35.5. The Kier molecular flexibility index (Phi) is 5.17. The normalized spacial score (nSPS) is 10.8. The van der Waals surface area contributed by atoms with Gasteiger partial charge in [0.15, 0.2) is 10.3 Å². The van der Waals surface area contributed by atoms with Gasteiger partial charge in [-0.2, -0.15) is 0 Å². The Bertz CT molecular complexity index is 1170. The third kappa shape index (κ3) is 3.94. The average Bonchev–Trinajstić information content (AvgIpc) is 3.28. The molecule has 0 fully saturated rings. The van der Waals surface area contributed by atoms with Gasteiger partial charge in [0.25, 0.3) is 5.91 Å². The van der Waals surface area contributed by atoms with Gasteiger partial charge in [-0.15, -0.1) is 11.3 Å². The molecule has 28 heavy (non-hydrogen) atoms. The van der Waals surface area contributed by atoms with Crippen LogP contribution in [0.5, 0.6) is 5.75 Å². The van der Waals surface area contributed by atoms with Crippen molar-refractivity contribution in [2.24, 2.45) is 0 Å². The molecule has 0 aliphatic heterocycles. The lowest BCUT2D eigenvalue weighted by Crippen LogP contribution is -2.12. The summed E-state index contributed by atoms with van der Waals surface area (Å²) in [6.07, 6.45) is 0. The van der Waals surface area contributed by atoms with E-state index in [-0.39, 0.29) is 5.91 Å². The number of methoxy groups -OCH3 is 1. The number of carbonyl (C=O) groups is 1. The number of aromatic nitrogens is 2. The second-order valence-electron chi connectivity index (χ2n) is 5.95. The van der Waals surface area contributed by atoms with Crippen LogP contribution in [0.1, 0.15) is 16.1 Å². The largest absolute Gasteiger partial charge is 0.495 e. The van der Waals surface area contributed by atoms with Gasteiger partial charge in [0.1, 0.15) is 11.4 Å². The second-order valence-corrected chi connectivity index (χ2v) is 8.28. The van der Waals surface area contributed by atoms with Gasteiger partial charge in [0.2, 0.25) is 0 Å². The number of rotatable bonds is 5. The van der Waals surface area contributed by atoms with Crippen molar-refractivity contribution < 1.29 is 9.53 Å². The van der Waals surface area contributed by atoms with Crippen LogP contribution >= 0.6 is 34.3 Å². The standard InChI is InChI=1S/C19H15ClN4O2S2/c1-10-3-6-15(26-2)13(7-10)22-18-23-14(9-27-18)17(25)24-19-21-12-5-4-11(20)8-16(12)28-19/h3-9H,1-2H3,(H,22,23)(H,21,24,25). The summed E-state index contributed by atoms with van der Waals surface area (Å²) in [5, 5.41) is 9.44. The van der Waals surface area contributed by atoms with Crippen molar-refractivity contribution in [1.29, 1.82) is 0 Å². The Balaban J connectivity index is 1.50. The molecule has 2 aromatic heterocycles. The van der Waals surface area contributed by atoms with E-state index in [0.29, 0.717) is 26.7 Å². The maximum atomic E-state index is 12.5. The van der Waals surface area contributed by atoms with Crippen LogP contribution in [-0.2, 0) is 0 Å². The number of carbonyl (C=O) groups excluding carboxylic acids is 1. The van der Waals surface area contributed by atoms with Gasteiger partial charge < -0.3 is 10.1 Å². The summed E-state index contributed by atoms with van der Waals surface area (Å²) in [5.74, 6) is 0.394. The van der Waals surface area contributed by atoms with E-state index in [2.05, 4.69) is 20.6 Å². The van der Waals surface area contributed by atoms with Gasteiger partial charge in [-0.25, -0.2) is 9.97 Å². The number of nitrogens with one attached hydrogen (secondary N) is 2. The molecule has 9 heteroatoms. The number of nitrogens with zero attached hydrogens (tertiary/aromatic N) is 2. The highest BCUT2D eigenvalue weighted by Gasteiger charge is 2.15. The van der Waals surface area contributed by atoms with Crippen LogP contribution in [-0.4, -0.2) is 23.0 Å². The van der Waals surface area contributed by atoms with Gasteiger partial charge in [0, 0.05) is 10.4 Å². The van der Waals surface area contributed by atoms with E-state index in [0.717, 1.165) is 21.5 Å². The van der Waals surface area contributed by atoms with Crippen molar-refractivity contribution in [3.8, 4) is 5.75 Å². The van der Waals surface area contributed by atoms with E-state index < -0.39 is 0 Å². The molecule has 0 saturated carbocycles. The number of thiazole rings is 2. The Hall–Kier alpha value is -2.68. The molecular formula is C19H15ClN4O2S2. The number of aryl methyl sites for hydroxylation is 1. The SMILES string of the molecule is COc1ccc(C)cc1Nc1nc(C(=O)Nc2nc3ccc(Cl)cc3s2)cs1. The number of ether oxygens (including phenoxy) is 1. The molecule has 4 aromatic rings. The van der Waals surface area contributed by atoms with E-state index >= 15 is 0 Å². The minimum atomic E-state index is -0.314. The van der Waals surface area contributed by atoms with Crippen LogP contribution in [0.25, 0.3) is 10.2 Å². The van der Waals surface area contributed by atoms with Crippen LogP contribution in [0.2, 0.25) is 5.02 Å². The molecule has 2 heterocycles. The molecule has 2 aromatic carbocycles. The minimum absolute atomic E-state index is 0.314. The quantitative estimate of drug-likeness (QED) is 0.423. The molecule has 2 N–H and O–H groups in total. The molecule has 6 nitrogen and oxygen atoms in total. The van der Waals surface area contributed by atoms with Crippen molar-refractivity contribution in [3.05, 3.63) is 58.1 Å². The van der Waals surface area contributed by atoms with Gasteiger partial charge in [0.05, 0.1) is 23.0 Å². The van der Waals surface area contributed by atoms with Gasteiger partial charge in [-0.1, -0.05) is 29.0 Å². The number of halogens is 1. The van der Waals surface area contributed by atoms with Crippen LogP contribution in [0.4, 0.5) is 16.0 Å². The zero-order chi connectivity index (χ0) is 19.7. The van der Waals surface area contributed by atoms with Gasteiger partial charge >= 0.3 is 0 Å². The lowest BCUT2D eigenvalue weighted by molar-refractivity contribution is 0.102. The van der Waals surface area contributed by atoms with E-state index in [1.807, 2.05) is 37.3 Å². The first kappa shape index (κ1) is 18.7. The third-order valence-electron chi connectivity index (χ3n) is 3.90. The van der Waals surface area contributed by atoms with E-state index in [4.69, 9.17) is 16.3 Å². The Morgan fingerprint density at radius 1 is 1.14 bits per heavy atom. The number of hydrogen-bond donors (Lipinski definition) is 2. The van der Waals surface area contributed by atoms with Crippen LogP contribution in [0, 0.1) is 6.92 Å². The van der Waals surface area contributed by atoms with E-state index in [9.17, 15) is 4.79 Å². The van der Waals surface area contributed by atoms with Crippen molar-refractivity contribution in [2.45, 2.75) is 6.92 Å². The molecule has 1 amide bonds. The van der Waals surface area contributed by atoms with Gasteiger partial charge in [-0.05, 0) is 42.8 Å². The molecular weight excluding hydrogens is 416 g/mol. The zero-order valence-corrected chi connectivity index (χ0v) is 17.3. The molecule has 0 unspecified atom stereocenters. The summed E-state index contributed by atoms with van der Waals surface area (Å²) < 4.78 is 6.27. The molecule has 0 spiro atoms. The third-order valence-corrected chi connectivity index (χ3v) is 5.83. The lowest BCUT2D eigenvalue weighted by Gasteiger charge is -2.09. The molecule has 142 valence electrons. The van der Waals surface area contributed by atoms with Crippen LogP contribution in [0.15, 0.2) is 41.8 Å². The summed E-state index contributed by atoms with van der Waals surface area (Å²) in [6.45, 7) is 2.00. The van der Waals surface area contributed by atoms with Gasteiger partial charge in [-0.3, -0.25) is 10.1 Å². The molecule has 0 aliphatic rings. The predicted molar refractivity (Wildman–Crippen MR) is 116 cm³/mol. The van der Waals surface area contributed by atoms with Crippen LogP contribution in [0.3, 0.4) is 0 Å². The Morgan fingerprint density at radius 3 is 2.82 bits per heavy atom.